The number of amides is 1. The van der Waals surface area contributed by atoms with Gasteiger partial charge >= 0.3 is 6.18 Å². The number of benzene rings is 1. The molecule has 0 spiro atoms. The van der Waals surface area contributed by atoms with Crippen molar-refractivity contribution in [2.75, 3.05) is 49.8 Å². The summed E-state index contributed by atoms with van der Waals surface area (Å²) in [5.74, 6) is -4.88. The van der Waals surface area contributed by atoms with Crippen LogP contribution in [0.4, 0.5) is 33.5 Å². The lowest BCUT2D eigenvalue weighted by Gasteiger charge is -2.32. The Labute approximate surface area is 185 Å². The predicted molar refractivity (Wildman–Crippen MR) is 108 cm³/mol. The van der Waals surface area contributed by atoms with Gasteiger partial charge in [0.05, 0.1) is 32.1 Å². The van der Waals surface area contributed by atoms with Crippen molar-refractivity contribution in [2.45, 2.75) is 18.1 Å². The van der Waals surface area contributed by atoms with E-state index in [9.17, 15) is 26.7 Å². The predicted octanol–water partition coefficient (Wildman–Crippen LogP) is 2.68. The van der Waals surface area contributed by atoms with Gasteiger partial charge in [0, 0.05) is 49.4 Å². The summed E-state index contributed by atoms with van der Waals surface area (Å²) in [6.07, 6.45) is -3.69. The van der Waals surface area contributed by atoms with Crippen LogP contribution in [0.5, 0.6) is 5.75 Å². The number of hydrogen-bond donors (Lipinski definition) is 1. The van der Waals surface area contributed by atoms with Gasteiger partial charge < -0.3 is 20.1 Å². The van der Waals surface area contributed by atoms with Crippen molar-refractivity contribution in [3.63, 3.8) is 0 Å². The maximum Gasteiger partial charge on any atom is 0.421 e. The van der Waals surface area contributed by atoms with Crippen LogP contribution in [0.1, 0.15) is 17.0 Å². The molecule has 0 unspecified atom stereocenters. The number of ether oxygens (including phenoxy) is 2. The molecule has 2 aliphatic heterocycles. The van der Waals surface area contributed by atoms with Crippen molar-refractivity contribution in [2.24, 2.45) is 5.73 Å². The largest absolute Gasteiger partial charge is 0.497 e. The van der Waals surface area contributed by atoms with Crippen LogP contribution in [-0.4, -0.2) is 56.9 Å². The Morgan fingerprint density at radius 1 is 1.18 bits per heavy atom. The Kier molecular flexibility index (Phi) is 6.14. The van der Waals surface area contributed by atoms with E-state index in [1.807, 2.05) is 0 Å². The average molecular weight is 472 g/mol. The fraction of sp³-hybridized carbons (Fsp3) is 0.429. The van der Waals surface area contributed by atoms with E-state index in [-0.39, 0.29) is 37.7 Å². The summed E-state index contributed by atoms with van der Waals surface area (Å²) in [7, 11) is 1.23. The molecule has 2 fully saturated rings. The highest BCUT2D eigenvalue weighted by molar-refractivity contribution is 6.01. The second-order valence-corrected chi connectivity index (χ2v) is 7.71. The number of alkyl halides is 3. The molecule has 12 heteroatoms. The number of carbonyl (C=O) groups is 1. The maximum absolute atomic E-state index is 14.6. The lowest BCUT2D eigenvalue weighted by atomic mass is 9.93. The first-order valence-electron chi connectivity index (χ1n) is 10.1. The molecule has 0 bridgehead atoms. The number of nitrogens with two attached hydrogens (primary N) is 1. The number of carbonyl (C=O) groups excluding carboxylic acids is 1. The van der Waals surface area contributed by atoms with Gasteiger partial charge in [0.15, 0.2) is 0 Å². The van der Waals surface area contributed by atoms with E-state index in [2.05, 4.69) is 4.98 Å². The van der Waals surface area contributed by atoms with E-state index >= 15 is 0 Å². The van der Waals surface area contributed by atoms with Crippen molar-refractivity contribution in [1.29, 1.82) is 0 Å². The number of hydrogen-bond acceptors (Lipinski definition) is 6. The molecule has 4 rings (SSSR count). The first-order valence-corrected chi connectivity index (χ1v) is 10.1. The molecule has 1 amide bonds. The number of halogens is 5. The van der Waals surface area contributed by atoms with Crippen LogP contribution in [0.15, 0.2) is 24.4 Å². The van der Waals surface area contributed by atoms with Gasteiger partial charge in [0.1, 0.15) is 28.8 Å². The molecular weight excluding hydrogens is 451 g/mol. The SMILES string of the molecule is COc1cc(F)c([C@@H]2CN(c3nccc(N4CCOCC4)c3C(F)(F)F)C(=O)[C@H]2N)c(F)c1. The monoisotopic (exact) mass is 472 g/mol. The fourth-order valence-electron chi connectivity index (χ4n) is 4.23. The Morgan fingerprint density at radius 3 is 2.39 bits per heavy atom. The minimum absolute atomic E-state index is 0.0808. The highest BCUT2D eigenvalue weighted by atomic mass is 19.4. The van der Waals surface area contributed by atoms with Crippen molar-refractivity contribution in [1.82, 2.24) is 4.98 Å². The molecule has 3 heterocycles. The smallest absolute Gasteiger partial charge is 0.421 e. The molecule has 178 valence electrons. The number of methoxy groups -OCH3 is 1. The highest BCUT2D eigenvalue weighted by Gasteiger charge is 2.47. The number of nitrogens with zero attached hydrogens (tertiary/aromatic N) is 3. The molecule has 2 aliphatic rings. The normalized spacial score (nSPS) is 21.6. The van der Waals surface area contributed by atoms with Gasteiger partial charge in [-0.15, -0.1) is 0 Å². The Morgan fingerprint density at radius 2 is 1.82 bits per heavy atom. The van der Waals surface area contributed by atoms with Crippen LogP contribution in [-0.2, 0) is 15.7 Å². The summed E-state index contributed by atoms with van der Waals surface area (Å²) in [4.78, 5) is 19.0. The molecule has 2 N–H and O–H groups in total. The van der Waals surface area contributed by atoms with Crippen molar-refractivity contribution < 1.29 is 36.2 Å². The van der Waals surface area contributed by atoms with E-state index in [0.29, 0.717) is 0 Å². The van der Waals surface area contributed by atoms with Gasteiger partial charge in [-0.1, -0.05) is 0 Å². The number of rotatable bonds is 4. The molecule has 0 radical (unpaired) electrons. The van der Waals surface area contributed by atoms with Crippen LogP contribution < -0.4 is 20.3 Å². The zero-order chi connectivity index (χ0) is 23.9. The summed E-state index contributed by atoms with van der Waals surface area (Å²) in [6.45, 7) is 0.486. The summed E-state index contributed by atoms with van der Waals surface area (Å²) in [5.41, 5.74) is 4.19. The van der Waals surface area contributed by atoms with Gasteiger partial charge in [-0.25, -0.2) is 13.8 Å². The van der Waals surface area contributed by atoms with E-state index in [1.54, 1.807) is 0 Å². The number of morpholine rings is 1. The van der Waals surface area contributed by atoms with Gasteiger partial charge in [-0.2, -0.15) is 13.2 Å². The quantitative estimate of drug-likeness (QED) is 0.690. The third-order valence-corrected chi connectivity index (χ3v) is 5.82. The summed E-state index contributed by atoms with van der Waals surface area (Å²) in [5, 5.41) is 0. The molecule has 2 saturated heterocycles. The Bertz CT molecular complexity index is 1040. The minimum Gasteiger partial charge on any atom is -0.497 e. The second kappa shape index (κ2) is 8.75. The van der Waals surface area contributed by atoms with Crippen LogP contribution in [0.3, 0.4) is 0 Å². The average Bonchev–Trinajstić information content (AvgIpc) is 3.07. The van der Waals surface area contributed by atoms with Crippen molar-refractivity contribution >= 4 is 17.4 Å². The fourth-order valence-corrected chi connectivity index (χ4v) is 4.23. The maximum atomic E-state index is 14.6. The van der Waals surface area contributed by atoms with E-state index in [1.165, 1.54) is 18.1 Å². The van der Waals surface area contributed by atoms with Crippen LogP contribution in [0.25, 0.3) is 0 Å². The van der Waals surface area contributed by atoms with E-state index in [0.717, 1.165) is 23.2 Å². The minimum atomic E-state index is -4.85. The first-order chi connectivity index (χ1) is 15.6. The lowest BCUT2D eigenvalue weighted by molar-refractivity contribution is -0.137. The number of pyridine rings is 1. The van der Waals surface area contributed by atoms with Gasteiger partial charge in [-0.3, -0.25) is 9.69 Å². The highest BCUT2D eigenvalue weighted by Crippen LogP contribution is 2.44. The molecule has 1 aromatic heterocycles. The number of anilines is 2. The van der Waals surface area contributed by atoms with Gasteiger partial charge in [0.25, 0.3) is 0 Å². The van der Waals surface area contributed by atoms with Crippen molar-refractivity contribution in [3.8, 4) is 5.75 Å². The first kappa shape index (κ1) is 23.2. The molecule has 1 aromatic carbocycles. The van der Waals surface area contributed by atoms with Crippen LogP contribution >= 0.6 is 0 Å². The molecule has 2 atom stereocenters. The summed E-state index contributed by atoms with van der Waals surface area (Å²) < 4.78 is 81.8. The summed E-state index contributed by atoms with van der Waals surface area (Å²) >= 11 is 0. The Hall–Kier alpha value is -2.99. The second-order valence-electron chi connectivity index (χ2n) is 7.71. The number of aromatic nitrogens is 1. The topological polar surface area (TPSA) is 80.9 Å². The molecule has 2 aromatic rings. The van der Waals surface area contributed by atoms with E-state index < -0.39 is 59.2 Å². The van der Waals surface area contributed by atoms with Crippen LogP contribution in [0, 0.1) is 11.6 Å². The molecule has 33 heavy (non-hydrogen) atoms. The molecule has 0 saturated carbocycles. The zero-order valence-electron chi connectivity index (χ0n) is 17.5. The standard InChI is InChI=1S/C21H21F5N4O3/c1-32-11-8-13(22)16(14(23)9-11)12-10-30(20(31)18(12)27)19-17(21(24,25)26)15(2-3-28-19)29-4-6-33-7-5-29/h2-3,8-9,12,18H,4-7,10,27H2,1H3/t12-,18-/m0/s1. The molecular formula is C21H21F5N4O3. The van der Waals surface area contributed by atoms with Crippen molar-refractivity contribution in [3.05, 3.63) is 47.2 Å². The van der Waals surface area contributed by atoms with Crippen LogP contribution in [0.2, 0.25) is 0 Å². The molecule has 7 nitrogen and oxygen atoms in total. The summed E-state index contributed by atoms with van der Waals surface area (Å²) in [6, 6.07) is 1.61. The zero-order valence-corrected chi connectivity index (χ0v) is 17.5. The Balaban J connectivity index is 1.77. The third kappa shape index (κ3) is 4.20. The molecule has 0 aliphatic carbocycles. The lowest BCUT2D eigenvalue weighted by Crippen LogP contribution is -2.39. The van der Waals surface area contributed by atoms with Gasteiger partial charge in [-0.05, 0) is 6.07 Å². The third-order valence-electron chi connectivity index (χ3n) is 5.82. The van der Waals surface area contributed by atoms with Gasteiger partial charge in [0.2, 0.25) is 5.91 Å². The van der Waals surface area contributed by atoms with E-state index in [4.69, 9.17) is 15.2 Å².